The lowest BCUT2D eigenvalue weighted by molar-refractivity contribution is -0.119. The molecule has 1 heterocycles. The maximum Gasteiger partial charge on any atom is 0.220 e. The number of nitrogens with one attached hydrogen (secondary N) is 1. The highest BCUT2D eigenvalue weighted by atomic mass is 19.1. The minimum absolute atomic E-state index is 0.00889. The van der Waals surface area contributed by atoms with Gasteiger partial charge in [0, 0.05) is 6.42 Å². The Morgan fingerprint density at radius 1 is 1.50 bits per heavy atom. The van der Waals surface area contributed by atoms with Crippen molar-refractivity contribution >= 4 is 11.6 Å². The van der Waals surface area contributed by atoms with Crippen molar-refractivity contribution in [2.75, 3.05) is 5.73 Å². The molecule has 2 rings (SSSR count). The molecule has 1 fully saturated rings. The minimum atomic E-state index is -0.418. The number of rotatable bonds is 1. The molecule has 0 aromatic heterocycles. The summed E-state index contributed by atoms with van der Waals surface area (Å²) in [6, 6.07) is 4.55. The van der Waals surface area contributed by atoms with Gasteiger partial charge >= 0.3 is 0 Å². The summed E-state index contributed by atoms with van der Waals surface area (Å²) in [6.45, 7) is 0. The highest BCUT2D eigenvalue weighted by Gasteiger charge is 2.22. The van der Waals surface area contributed by atoms with E-state index in [1.807, 2.05) is 0 Å². The highest BCUT2D eigenvalue weighted by Crippen LogP contribution is 2.25. The van der Waals surface area contributed by atoms with Crippen molar-refractivity contribution in [3.8, 4) is 0 Å². The third-order valence-electron chi connectivity index (χ3n) is 2.42. The van der Waals surface area contributed by atoms with Crippen LogP contribution in [0.25, 0.3) is 0 Å². The molecule has 14 heavy (non-hydrogen) atoms. The first-order chi connectivity index (χ1) is 6.66. The molecule has 1 atom stereocenters. The van der Waals surface area contributed by atoms with Crippen LogP contribution in [0.4, 0.5) is 10.1 Å². The van der Waals surface area contributed by atoms with E-state index in [1.54, 1.807) is 12.1 Å². The zero-order valence-corrected chi connectivity index (χ0v) is 7.59. The van der Waals surface area contributed by atoms with Crippen LogP contribution in [-0.4, -0.2) is 5.91 Å². The third-order valence-corrected chi connectivity index (χ3v) is 2.42. The van der Waals surface area contributed by atoms with Gasteiger partial charge in [-0.3, -0.25) is 4.79 Å². The second kappa shape index (κ2) is 3.29. The predicted molar refractivity (Wildman–Crippen MR) is 50.9 cm³/mol. The summed E-state index contributed by atoms with van der Waals surface area (Å²) in [7, 11) is 0. The molecule has 0 aliphatic carbocycles. The number of halogens is 1. The lowest BCUT2D eigenvalue weighted by Crippen LogP contribution is -2.18. The Kier molecular flexibility index (Phi) is 2.11. The van der Waals surface area contributed by atoms with E-state index in [0.717, 1.165) is 12.0 Å². The number of amides is 1. The molecular formula is C10H11FN2O. The highest BCUT2D eigenvalue weighted by molar-refractivity contribution is 5.78. The van der Waals surface area contributed by atoms with Gasteiger partial charge in [0.2, 0.25) is 5.91 Å². The van der Waals surface area contributed by atoms with Gasteiger partial charge in [0.1, 0.15) is 5.82 Å². The second-order valence-electron chi connectivity index (χ2n) is 3.44. The number of nitrogens with two attached hydrogens (primary N) is 1. The molecule has 0 bridgehead atoms. The molecule has 4 heteroatoms. The van der Waals surface area contributed by atoms with E-state index in [1.165, 1.54) is 6.07 Å². The van der Waals surface area contributed by atoms with Crippen molar-refractivity contribution in [1.29, 1.82) is 0 Å². The lowest BCUT2D eigenvalue weighted by atomic mass is 10.0. The third kappa shape index (κ3) is 1.55. The van der Waals surface area contributed by atoms with Gasteiger partial charge in [-0.05, 0) is 24.1 Å². The van der Waals surface area contributed by atoms with Crippen LogP contribution in [-0.2, 0) is 4.79 Å². The molecular weight excluding hydrogens is 183 g/mol. The van der Waals surface area contributed by atoms with Crippen LogP contribution in [0.15, 0.2) is 18.2 Å². The van der Waals surface area contributed by atoms with Gasteiger partial charge < -0.3 is 11.1 Å². The number of carbonyl (C=O) groups excluding carboxylic acids is 1. The van der Waals surface area contributed by atoms with Crippen LogP contribution in [0.1, 0.15) is 24.4 Å². The summed E-state index contributed by atoms with van der Waals surface area (Å²) in [5.41, 5.74) is 6.43. The molecule has 1 saturated heterocycles. The first-order valence-electron chi connectivity index (χ1n) is 4.51. The maximum atomic E-state index is 12.8. The van der Waals surface area contributed by atoms with Crippen LogP contribution in [0.3, 0.4) is 0 Å². The van der Waals surface area contributed by atoms with E-state index in [2.05, 4.69) is 5.32 Å². The summed E-state index contributed by atoms with van der Waals surface area (Å²) < 4.78 is 12.8. The van der Waals surface area contributed by atoms with Crippen LogP contribution < -0.4 is 11.1 Å². The fourth-order valence-corrected chi connectivity index (χ4v) is 1.64. The van der Waals surface area contributed by atoms with Crippen LogP contribution in [0.5, 0.6) is 0 Å². The first kappa shape index (κ1) is 8.99. The van der Waals surface area contributed by atoms with Crippen LogP contribution in [0.2, 0.25) is 0 Å². The van der Waals surface area contributed by atoms with E-state index in [4.69, 9.17) is 5.73 Å². The summed E-state index contributed by atoms with van der Waals surface area (Å²) >= 11 is 0. The zero-order chi connectivity index (χ0) is 10.1. The first-order valence-corrected chi connectivity index (χ1v) is 4.51. The molecule has 0 unspecified atom stereocenters. The molecule has 0 radical (unpaired) electrons. The molecule has 1 aromatic carbocycles. The van der Waals surface area contributed by atoms with Crippen LogP contribution in [0, 0.1) is 5.82 Å². The van der Waals surface area contributed by atoms with Gasteiger partial charge in [-0.15, -0.1) is 0 Å². The van der Waals surface area contributed by atoms with E-state index >= 15 is 0 Å². The van der Waals surface area contributed by atoms with Crippen molar-refractivity contribution in [3.05, 3.63) is 29.6 Å². The Hall–Kier alpha value is -1.58. The number of carbonyl (C=O) groups is 1. The Bertz CT molecular complexity index is 378. The Labute approximate surface area is 81.1 Å². The summed E-state index contributed by atoms with van der Waals surface area (Å²) in [4.78, 5) is 11.0. The normalized spacial score (nSPS) is 20.9. The van der Waals surface area contributed by atoms with E-state index < -0.39 is 5.82 Å². The predicted octanol–water partition coefficient (Wildman–Crippen LogP) is 1.36. The standard InChI is InChI=1S/C10H11FN2O/c11-7-2-1-6(5-8(7)12)9-3-4-10(14)13-9/h1-2,5,9H,3-4,12H2,(H,13,14)/t9-/m0/s1. The minimum Gasteiger partial charge on any atom is -0.396 e. The van der Waals surface area contributed by atoms with Gasteiger partial charge in [0.25, 0.3) is 0 Å². The average molecular weight is 194 g/mol. The van der Waals surface area contributed by atoms with Gasteiger partial charge in [-0.1, -0.05) is 6.07 Å². The van der Waals surface area contributed by atoms with E-state index in [9.17, 15) is 9.18 Å². The van der Waals surface area contributed by atoms with Crippen molar-refractivity contribution in [2.45, 2.75) is 18.9 Å². The smallest absolute Gasteiger partial charge is 0.220 e. The fourth-order valence-electron chi connectivity index (χ4n) is 1.64. The van der Waals surface area contributed by atoms with Crippen LogP contribution >= 0.6 is 0 Å². The average Bonchev–Trinajstić information content (AvgIpc) is 2.57. The molecule has 3 N–H and O–H groups in total. The molecule has 3 nitrogen and oxygen atoms in total. The monoisotopic (exact) mass is 194 g/mol. The second-order valence-corrected chi connectivity index (χ2v) is 3.44. The Morgan fingerprint density at radius 3 is 2.86 bits per heavy atom. The number of hydrogen-bond acceptors (Lipinski definition) is 2. The molecule has 0 saturated carbocycles. The van der Waals surface area contributed by atoms with Crippen molar-refractivity contribution in [1.82, 2.24) is 5.32 Å². The molecule has 74 valence electrons. The van der Waals surface area contributed by atoms with Crippen molar-refractivity contribution in [3.63, 3.8) is 0 Å². The number of benzene rings is 1. The summed E-state index contributed by atoms with van der Waals surface area (Å²) in [6.07, 6.45) is 1.28. The van der Waals surface area contributed by atoms with Gasteiger partial charge in [-0.25, -0.2) is 4.39 Å². The fraction of sp³-hybridized carbons (Fsp3) is 0.300. The molecule has 1 aliphatic heterocycles. The van der Waals surface area contributed by atoms with Crippen molar-refractivity contribution in [2.24, 2.45) is 0 Å². The molecule has 1 amide bonds. The van der Waals surface area contributed by atoms with E-state index in [0.29, 0.717) is 6.42 Å². The zero-order valence-electron chi connectivity index (χ0n) is 7.59. The Balaban J connectivity index is 2.24. The number of anilines is 1. The van der Waals surface area contributed by atoms with Gasteiger partial charge in [-0.2, -0.15) is 0 Å². The topological polar surface area (TPSA) is 55.1 Å². The SMILES string of the molecule is Nc1cc([C@@H]2CCC(=O)N2)ccc1F. The van der Waals surface area contributed by atoms with Gasteiger partial charge in [0.05, 0.1) is 11.7 Å². The molecule has 1 aliphatic rings. The van der Waals surface area contributed by atoms with Gasteiger partial charge in [0.15, 0.2) is 0 Å². The van der Waals surface area contributed by atoms with Crippen molar-refractivity contribution < 1.29 is 9.18 Å². The lowest BCUT2D eigenvalue weighted by Gasteiger charge is -2.10. The summed E-state index contributed by atoms with van der Waals surface area (Å²) in [5, 5.41) is 2.80. The Morgan fingerprint density at radius 2 is 2.29 bits per heavy atom. The number of hydrogen-bond donors (Lipinski definition) is 2. The summed E-state index contributed by atoms with van der Waals surface area (Å²) in [5.74, 6) is -0.379. The molecule has 0 spiro atoms. The number of nitrogen functional groups attached to an aromatic ring is 1. The largest absolute Gasteiger partial charge is 0.396 e. The quantitative estimate of drug-likeness (QED) is 0.663. The van der Waals surface area contributed by atoms with E-state index in [-0.39, 0.29) is 17.6 Å². The maximum absolute atomic E-state index is 12.8. The molecule has 1 aromatic rings.